The molecule has 2 heterocycles. The Hall–Kier alpha value is -1.84. The highest BCUT2D eigenvalue weighted by atomic mass is 16.1. The fraction of sp³-hybridized carbons (Fsp3) is 0.467. The Labute approximate surface area is 112 Å². The van der Waals surface area contributed by atoms with Crippen molar-refractivity contribution in [1.82, 2.24) is 9.38 Å². The van der Waals surface area contributed by atoms with Crippen molar-refractivity contribution in [3.8, 4) is 0 Å². The highest BCUT2D eigenvalue weighted by Gasteiger charge is 2.16. The van der Waals surface area contributed by atoms with Crippen LogP contribution in [0.3, 0.4) is 0 Å². The monoisotopic (exact) mass is 257 g/mol. The predicted molar refractivity (Wildman–Crippen MR) is 75.0 cm³/mol. The van der Waals surface area contributed by atoms with E-state index < -0.39 is 0 Å². The molecule has 0 spiro atoms. The van der Waals surface area contributed by atoms with Gasteiger partial charge in [0.1, 0.15) is 11.5 Å². The van der Waals surface area contributed by atoms with Gasteiger partial charge in [-0.25, -0.2) is 4.98 Å². The summed E-state index contributed by atoms with van der Waals surface area (Å²) in [5.41, 5.74) is 0.855. The molecule has 19 heavy (non-hydrogen) atoms. The molecule has 1 amide bonds. The van der Waals surface area contributed by atoms with Gasteiger partial charge in [-0.1, -0.05) is 31.7 Å². The zero-order chi connectivity index (χ0) is 13.1. The van der Waals surface area contributed by atoms with Gasteiger partial charge in [0.2, 0.25) is 5.91 Å². The van der Waals surface area contributed by atoms with Gasteiger partial charge in [0.25, 0.3) is 0 Å². The fourth-order valence-corrected chi connectivity index (χ4v) is 2.89. The quantitative estimate of drug-likeness (QED) is 0.914. The summed E-state index contributed by atoms with van der Waals surface area (Å²) in [6, 6.07) is 5.74. The summed E-state index contributed by atoms with van der Waals surface area (Å²) in [6.45, 7) is 0. The highest BCUT2D eigenvalue weighted by Crippen LogP contribution is 2.28. The minimum atomic E-state index is 0.105. The summed E-state index contributed by atoms with van der Waals surface area (Å²) < 4.78 is 1.90. The highest BCUT2D eigenvalue weighted by molar-refractivity contribution is 5.90. The Balaban J connectivity index is 1.60. The van der Waals surface area contributed by atoms with Crippen molar-refractivity contribution in [3.05, 3.63) is 30.6 Å². The smallest absolute Gasteiger partial charge is 0.225 e. The van der Waals surface area contributed by atoms with Crippen LogP contribution in [0.15, 0.2) is 30.6 Å². The van der Waals surface area contributed by atoms with Gasteiger partial charge < -0.3 is 5.32 Å². The van der Waals surface area contributed by atoms with Crippen LogP contribution in [0.2, 0.25) is 0 Å². The lowest BCUT2D eigenvalue weighted by molar-refractivity contribution is -0.116. The third kappa shape index (κ3) is 2.78. The summed E-state index contributed by atoms with van der Waals surface area (Å²) in [4.78, 5) is 16.2. The zero-order valence-corrected chi connectivity index (χ0v) is 11.0. The molecular formula is C15H19N3O. The van der Waals surface area contributed by atoms with Crippen LogP contribution in [-0.4, -0.2) is 15.3 Å². The molecule has 0 aromatic carbocycles. The largest absolute Gasteiger partial charge is 0.312 e. The maximum Gasteiger partial charge on any atom is 0.225 e. The lowest BCUT2D eigenvalue weighted by Gasteiger charge is -2.10. The van der Waals surface area contributed by atoms with Gasteiger partial charge in [-0.2, -0.15) is 0 Å². The van der Waals surface area contributed by atoms with Crippen molar-refractivity contribution in [2.75, 3.05) is 5.32 Å². The van der Waals surface area contributed by atoms with Gasteiger partial charge in [-0.3, -0.25) is 9.20 Å². The average Bonchev–Trinajstić information content (AvgIpc) is 3.08. The van der Waals surface area contributed by atoms with Crippen LogP contribution in [0.25, 0.3) is 5.65 Å². The van der Waals surface area contributed by atoms with E-state index in [4.69, 9.17) is 0 Å². The SMILES string of the molecule is O=C(CCC1CCCC1)Nc1cccc2nccn12. The topological polar surface area (TPSA) is 46.4 Å². The molecule has 1 aliphatic carbocycles. The average molecular weight is 257 g/mol. The maximum atomic E-state index is 12.0. The number of fused-ring (bicyclic) bond motifs is 1. The first kappa shape index (κ1) is 12.2. The number of anilines is 1. The minimum Gasteiger partial charge on any atom is -0.312 e. The van der Waals surface area contributed by atoms with Crippen LogP contribution < -0.4 is 5.32 Å². The standard InChI is InChI=1S/C15H19N3O/c19-15(9-8-12-4-1-2-5-12)17-14-7-3-6-13-16-10-11-18(13)14/h3,6-7,10-12H,1-2,4-5,8-9H2,(H,17,19). The number of rotatable bonds is 4. The third-order valence-electron chi connectivity index (χ3n) is 3.95. The van der Waals surface area contributed by atoms with Crippen molar-refractivity contribution in [2.24, 2.45) is 5.92 Å². The van der Waals surface area contributed by atoms with Crippen LogP contribution in [0.4, 0.5) is 5.82 Å². The zero-order valence-electron chi connectivity index (χ0n) is 11.0. The molecule has 4 nitrogen and oxygen atoms in total. The number of hydrogen-bond donors (Lipinski definition) is 1. The van der Waals surface area contributed by atoms with Crippen molar-refractivity contribution in [2.45, 2.75) is 38.5 Å². The van der Waals surface area contributed by atoms with E-state index in [1.165, 1.54) is 25.7 Å². The van der Waals surface area contributed by atoms with Gasteiger partial charge in [0.05, 0.1) is 0 Å². The minimum absolute atomic E-state index is 0.105. The Morgan fingerprint density at radius 3 is 3.05 bits per heavy atom. The number of carbonyl (C=O) groups excluding carboxylic acids is 1. The molecule has 0 saturated heterocycles. The third-order valence-corrected chi connectivity index (χ3v) is 3.95. The molecule has 1 saturated carbocycles. The van der Waals surface area contributed by atoms with E-state index in [1.54, 1.807) is 6.20 Å². The number of pyridine rings is 1. The van der Waals surface area contributed by atoms with E-state index in [2.05, 4.69) is 10.3 Å². The van der Waals surface area contributed by atoms with Crippen LogP contribution in [-0.2, 0) is 4.79 Å². The normalized spacial score (nSPS) is 16.0. The molecule has 2 aromatic rings. The van der Waals surface area contributed by atoms with Gasteiger partial charge in [0.15, 0.2) is 0 Å². The number of nitrogens with one attached hydrogen (secondary N) is 1. The molecular weight excluding hydrogens is 238 g/mol. The number of nitrogens with zero attached hydrogens (tertiary/aromatic N) is 2. The van der Waals surface area contributed by atoms with Crippen molar-refractivity contribution in [3.63, 3.8) is 0 Å². The van der Waals surface area contributed by atoms with Crippen LogP contribution >= 0.6 is 0 Å². The Morgan fingerprint density at radius 1 is 1.37 bits per heavy atom. The van der Waals surface area contributed by atoms with E-state index >= 15 is 0 Å². The maximum absolute atomic E-state index is 12.0. The summed E-state index contributed by atoms with van der Waals surface area (Å²) in [5, 5.41) is 2.98. The molecule has 4 heteroatoms. The van der Waals surface area contributed by atoms with Gasteiger partial charge in [-0.05, 0) is 24.5 Å². The Morgan fingerprint density at radius 2 is 2.21 bits per heavy atom. The van der Waals surface area contributed by atoms with E-state index in [9.17, 15) is 4.79 Å². The molecule has 1 N–H and O–H groups in total. The fourth-order valence-electron chi connectivity index (χ4n) is 2.89. The first-order chi connectivity index (χ1) is 9.33. The second kappa shape index (κ2) is 5.43. The van der Waals surface area contributed by atoms with Crippen LogP contribution in [0.1, 0.15) is 38.5 Å². The first-order valence-electron chi connectivity index (χ1n) is 7.05. The van der Waals surface area contributed by atoms with E-state index in [0.29, 0.717) is 6.42 Å². The molecule has 100 valence electrons. The van der Waals surface area contributed by atoms with Crippen LogP contribution in [0, 0.1) is 5.92 Å². The number of imidazole rings is 1. The van der Waals surface area contributed by atoms with E-state index in [1.807, 2.05) is 28.8 Å². The summed E-state index contributed by atoms with van der Waals surface area (Å²) in [5.74, 6) is 1.66. The van der Waals surface area contributed by atoms with Gasteiger partial charge in [0, 0.05) is 18.8 Å². The molecule has 1 fully saturated rings. The molecule has 1 aliphatic rings. The molecule has 3 rings (SSSR count). The molecule has 0 radical (unpaired) electrons. The molecule has 0 unspecified atom stereocenters. The summed E-state index contributed by atoms with van der Waals surface area (Å²) in [7, 11) is 0. The molecule has 2 aromatic heterocycles. The Bertz CT molecular complexity index is 570. The second-order valence-corrected chi connectivity index (χ2v) is 5.30. The van der Waals surface area contributed by atoms with Gasteiger partial charge in [-0.15, -0.1) is 0 Å². The number of amides is 1. The van der Waals surface area contributed by atoms with Crippen molar-refractivity contribution < 1.29 is 4.79 Å². The number of hydrogen-bond acceptors (Lipinski definition) is 2. The van der Waals surface area contributed by atoms with E-state index in [0.717, 1.165) is 23.8 Å². The lowest BCUT2D eigenvalue weighted by atomic mass is 10.0. The lowest BCUT2D eigenvalue weighted by Crippen LogP contribution is -2.14. The first-order valence-corrected chi connectivity index (χ1v) is 7.05. The number of carbonyl (C=O) groups is 1. The molecule has 0 bridgehead atoms. The van der Waals surface area contributed by atoms with E-state index in [-0.39, 0.29) is 5.91 Å². The van der Waals surface area contributed by atoms with Crippen molar-refractivity contribution >= 4 is 17.4 Å². The van der Waals surface area contributed by atoms with Crippen molar-refractivity contribution in [1.29, 1.82) is 0 Å². The number of aromatic nitrogens is 2. The summed E-state index contributed by atoms with van der Waals surface area (Å²) >= 11 is 0. The summed E-state index contributed by atoms with van der Waals surface area (Å²) in [6.07, 6.45) is 10.5. The predicted octanol–water partition coefficient (Wildman–Crippen LogP) is 3.24. The Kier molecular flexibility index (Phi) is 3.49. The molecule has 0 aliphatic heterocycles. The van der Waals surface area contributed by atoms with Crippen LogP contribution in [0.5, 0.6) is 0 Å². The second-order valence-electron chi connectivity index (χ2n) is 5.30. The van der Waals surface area contributed by atoms with Gasteiger partial charge >= 0.3 is 0 Å². The molecule has 0 atom stereocenters.